The Bertz CT molecular complexity index is 818. The first kappa shape index (κ1) is 16.2. The Morgan fingerprint density at radius 1 is 1.08 bits per heavy atom. The van der Waals surface area contributed by atoms with Crippen LogP contribution in [0.5, 0.6) is 0 Å². The van der Waals surface area contributed by atoms with E-state index in [1.54, 1.807) is 6.07 Å². The van der Waals surface area contributed by atoms with Gasteiger partial charge in [-0.25, -0.2) is 0 Å². The SMILES string of the molecule is O=C(CCc1nc(-c2ccccc2Cl)no1)NCc1ccccc1. The first-order valence-corrected chi connectivity index (χ1v) is 7.98. The van der Waals surface area contributed by atoms with Crippen molar-refractivity contribution < 1.29 is 9.32 Å². The van der Waals surface area contributed by atoms with E-state index in [4.69, 9.17) is 16.1 Å². The van der Waals surface area contributed by atoms with Crippen molar-refractivity contribution in [2.75, 3.05) is 0 Å². The number of rotatable bonds is 6. The van der Waals surface area contributed by atoms with Gasteiger partial charge in [-0.1, -0.05) is 59.2 Å². The van der Waals surface area contributed by atoms with E-state index in [0.29, 0.717) is 35.3 Å². The molecule has 0 bridgehead atoms. The van der Waals surface area contributed by atoms with Crippen LogP contribution in [0, 0.1) is 0 Å². The summed E-state index contributed by atoms with van der Waals surface area (Å²) >= 11 is 6.11. The molecule has 122 valence electrons. The monoisotopic (exact) mass is 341 g/mol. The molecule has 0 atom stereocenters. The lowest BCUT2D eigenvalue weighted by molar-refractivity contribution is -0.121. The Kier molecular flexibility index (Phi) is 5.23. The normalized spacial score (nSPS) is 10.5. The molecule has 0 aliphatic carbocycles. The van der Waals surface area contributed by atoms with E-state index in [1.165, 1.54) is 0 Å². The number of benzene rings is 2. The van der Waals surface area contributed by atoms with Crippen molar-refractivity contribution in [3.8, 4) is 11.4 Å². The van der Waals surface area contributed by atoms with Gasteiger partial charge in [0.25, 0.3) is 0 Å². The molecular weight excluding hydrogens is 326 g/mol. The fourth-order valence-electron chi connectivity index (χ4n) is 2.21. The standard InChI is InChI=1S/C18H16ClN3O2/c19-15-9-5-4-8-14(15)18-21-17(24-22-18)11-10-16(23)20-12-13-6-2-1-3-7-13/h1-9H,10-12H2,(H,20,23). The van der Waals surface area contributed by atoms with Crippen LogP contribution in [0.4, 0.5) is 0 Å². The second-order valence-electron chi connectivity index (χ2n) is 5.25. The lowest BCUT2D eigenvalue weighted by atomic mass is 10.2. The summed E-state index contributed by atoms with van der Waals surface area (Å²) in [4.78, 5) is 16.2. The minimum Gasteiger partial charge on any atom is -0.352 e. The van der Waals surface area contributed by atoms with Gasteiger partial charge < -0.3 is 9.84 Å². The predicted octanol–water partition coefficient (Wildman–Crippen LogP) is 3.64. The first-order chi connectivity index (χ1) is 11.7. The Labute approximate surface area is 144 Å². The Morgan fingerprint density at radius 2 is 1.83 bits per heavy atom. The van der Waals surface area contributed by atoms with E-state index in [2.05, 4.69) is 15.5 Å². The summed E-state index contributed by atoms with van der Waals surface area (Å²) in [6.07, 6.45) is 0.676. The van der Waals surface area contributed by atoms with Crippen molar-refractivity contribution in [1.29, 1.82) is 0 Å². The molecular formula is C18H16ClN3O2. The van der Waals surface area contributed by atoms with Crippen molar-refractivity contribution in [2.45, 2.75) is 19.4 Å². The summed E-state index contributed by atoms with van der Waals surface area (Å²) in [6, 6.07) is 17.0. The second kappa shape index (κ2) is 7.75. The van der Waals surface area contributed by atoms with Gasteiger partial charge in [0.05, 0.1) is 5.02 Å². The maximum absolute atomic E-state index is 11.9. The Morgan fingerprint density at radius 3 is 2.62 bits per heavy atom. The summed E-state index contributed by atoms with van der Waals surface area (Å²) in [7, 11) is 0. The van der Waals surface area contributed by atoms with Crippen molar-refractivity contribution in [1.82, 2.24) is 15.5 Å². The number of nitrogens with zero attached hydrogens (tertiary/aromatic N) is 2. The third-order valence-electron chi connectivity index (χ3n) is 3.48. The topological polar surface area (TPSA) is 68.0 Å². The molecule has 0 saturated heterocycles. The maximum atomic E-state index is 11.9. The van der Waals surface area contributed by atoms with Crippen LogP contribution in [0.3, 0.4) is 0 Å². The third-order valence-corrected chi connectivity index (χ3v) is 3.81. The minimum atomic E-state index is -0.0589. The molecule has 3 aromatic rings. The summed E-state index contributed by atoms with van der Waals surface area (Å²) in [5.74, 6) is 0.788. The van der Waals surface area contributed by atoms with Gasteiger partial charge in [0.1, 0.15) is 0 Å². The van der Waals surface area contributed by atoms with Crippen LogP contribution >= 0.6 is 11.6 Å². The molecule has 0 aliphatic heterocycles. The number of aromatic nitrogens is 2. The van der Waals surface area contributed by atoms with E-state index in [9.17, 15) is 4.79 Å². The van der Waals surface area contributed by atoms with Gasteiger partial charge in [0.2, 0.25) is 17.6 Å². The van der Waals surface area contributed by atoms with Crippen LogP contribution in [0.15, 0.2) is 59.1 Å². The molecule has 6 heteroatoms. The number of amides is 1. The molecule has 2 aromatic carbocycles. The molecule has 0 spiro atoms. The number of nitrogens with one attached hydrogen (secondary N) is 1. The van der Waals surface area contributed by atoms with Crippen LogP contribution in [0.2, 0.25) is 5.02 Å². The van der Waals surface area contributed by atoms with Gasteiger partial charge in [-0.2, -0.15) is 4.98 Å². The molecule has 1 heterocycles. The van der Waals surface area contributed by atoms with E-state index >= 15 is 0 Å². The Balaban J connectivity index is 1.52. The van der Waals surface area contributed by atoms with Gasteiger partial charge in [-0.15, -0.1) is 0 Å². The third kappa shape index (κ3) is 4.20. The molecule has 1 amide bonds. The number of carbonyl (C=O) groups excluding carboxylic acids is 1. The zero-order valence-electron chi connectivity index (χ0n) is 12.9. The van der Waals surface area contributed by atoms with Crippen molar-refractivity contribution in [3.63, 3.8) is 0 Å². The fraction of sp³-hybridized carbons (Fsp3) is 0.167. The number of halogens is 1. The molecule has 0 aliphatic rings. The van der Waals surface area contributed by atoms with Crippen LogP contribution < -0.4 is 5.32 Å². The van der Waals surface area contributed by atoms with Gasteiger partial charge in [0, 0.05) is 24.9 Å². The van der Waals surface area contributed by atoms with Crippen LogP contribution in [-0.2, 0) is 17.8 Å². The number of aryl methyl sites for hydroxylation is 1. The highest BCUT2D eigenvalue weighted by atomic mass is 35.5. The number of carbonyl (C=O) groups is 1. The summed E-state index contributed by atoms with van der Waals surface area (Å²) in [5, 5.41) is 7.34. The number of hydrogen-bond acceptors (Lipinski definition) is 4. The highest BCUT2D eigenvalue weighted by molar-refractivity contribution is 6.33. The zero-order chi connectivity index (χ0) is 16.8. The van der Waals surface area contributed by atoms with Gasteiger partial charge in [-0.3, -0.25) is 4.79 Å². The highest BCUT2D eigenvalue weighted by Gasteiger charge is 2.12. The van der Waals surface area contributed by atoms with E-state index < -0.39 is 0 Å². The van der Waals surface area contributed by atoms with Gasteiger partial charge in [0.15, 0.2) is 0 Å². The second-order valence-corrected chi connectivity index (χ2v) is 5.66. The summed E-state index contributed by atoms with van der Waals surface area (Å²) in [6.45, 7) is 0.508. The predicted molar refractivity (Wildman–Crippen MR) is 91.4 cm³/mol. The average Bonchev–Trinajstić information content (AvgIpc) is 3.08. The quantitative estimate of drug-likeness (QED) is 0.743. The van der Waals surface area contributed by atoms with Gasteiger partial charge >= 0.3 is 0 Å². The van der Waals surface area contributed by atoms with Crippen molar-refractivity contribution >= 4 is 17.5 Å². The van der Waals surface area contributed by atoms with Crippen molar-refractivity contribution in [2.24, 2.45) is 0 Å². The van der Waals surface area contributed by atoms with Crippen molar-refractivity contribution in [3.05, 3.63) is 71.1 Å². The molecule has 1 aromatic heterocycles. The van der Waals surface area contributed by atoms with E-state index in [0.717, 1.165) is 5.56 Å². The zero-order valence-corrected chi connectivity index (χ0v) is 13.7. The van der Waals surface area contributed by atoms with Crippen LogP contribution in [0.25, 0.3) is 11.4 Å². The van der Waals surface area contributed by atoms with E-state index in [1.807, 2.05) is 48.5 Å². The summed E-state index contributed by atoms with van der Waals surface area (Å²) < 4.78 is 5.19. The van der Waals surface area contributed by atoms with E-state index in [-0.39, 0.29) is 12.3 Å². The molecule has 0 saturated carbocycles. The number of hydrogen-bond donors (Lipinski definition) is 1. The molecule has 5 nitrogen and oxygen atoms in total. The smallest absolute Gasteiger partial charge is 0.227 e. The lowest BCUT2D eigenvalue weighted by Crippen LogP contribution is -2.22. The van der Waals surface area contributed by atoms with Crippen LogP contribution in [0.1, 0.15) is 17.9 Å². The summed E-state index contributed by atoms with van der Waals surface area (Å²) in [5.41, 5.74) is 1.77. The molecule has 1 N–H and O–H groups in total. The molecule has 24 heavy (non-hydrogen) atoms. The molecule has 3 rings (SSSR count). The Hall–Kier alpha value is -2.66. The minimum absolute atomic E-state index is 0.0589. The highest BCUT2D eigenvalue weighted by Crippen LogP contribution is 2.24. The van der Waals surface area contributed by atoms with Gasteiger partial charge in [-0.05, 0) is 17.7 Å². The lowest BCUT2D eigenvalue weighted by Gasteiger charge is -2.03. The maximum Gasteiger partial charge on any atom is 0.227 e. The van der Waals surface area contributed by atoms with Crippen LogP contribution in [-0.4, -0.2) is 16.0 Å². The molecule has 0 fully saturated rings. The molecule has 0 unspecified atom stereocenters. The largest absolute Gasteiger partial charge is 0.352 e. The average molecular weight is 342 g/mol. The fourth-order valence-corrected chi connectivity index (χ4v) is 2.43. The molecule has 0 radical (unpaired) electrons. The first-order valence-electron chi connectivity index (χ1n) is 7.60.